The number of imidazole rings is 1. The van der Waals surface area contributed by atoms with Gasteiger partial charge in [0.1, 0.15) is 54.2 Å². The number of amides is 1. The Morgan fingerprint density at radius 1 is 1.11 bits per heavy atom. The van der Waals surface area contributed by atoms with Crippen molar-refractivity contribution in [2.24, 2.45) is 0 Å². The predicted molar refractivity (Wildman–Crippen MR) is 205 cm³/mol. The Labute approximate surface area is 313 Å². The number of hydrogen-bond acceptors (Lipinski definition) is 11. The summed E-state index contributed by atoms with van der Waals surface area (Å²) < 4.78 is 9.71. The van der Waals surface area contributed by atoms with E-state index in [1.807, 2.05) is 30.7 Å². The number of carboxylic acids is 1. The maximum Gasteiger partial charge on any atom is 0.326 e. The molecule has 6 N–H and O–H groups in total. The van der Waals surface area contributed by atoms with E-state index in [0.29, 0.717) is 35.6 Å². The maximum absolute atomic E-state index is 12.9. The highest BCUT2D eigenvalue weighted by Gasteiger charge is 2.46. The molecule has 1 fully saturated rings. The number of nitrogens with zero attached hydrogens (tertiary/aromatic N) is 6. The first-order valence-electron chi connectivity index (χ1n) is 17.3. The minimum atomic E-state index is -1.24. The first-order chi connectivity index (χ1) is 25.6. The number of aliphatic carboxylic acids is 1. The maximum atomic E-state index is 12.9. The lowest BCUT2D eigenvalue weighted by atomic mass is 10.1. The number of thioether (sulfide) groups is 1. The summed E-state index contributed by atoms with van der Waals surface area (Å²) in [6.07, 6.45) is 5.81. The van der Waals surface area contributed by atoms with E-state index in [0.717, 1.165) is 21.5 Å². The topological polar surface area (TPSA) is 193 Å². The summed E-state index contributed by atoms with van der Waals surface area (Å²) in [4.78, 5) is 40.8. The van der Waals surface area contributed by atoms with E-state index in [2.05, 4.69) is 79.3 Å². The van der Waals surface area contributed by atoms with Gasteiger partial charge in [-0.15, -0.1) is 0 Å². The zero-order valence-corrected chi connectivity index (χ0v) is 30.9. The van der Waals surface area contributed by atoms with Crippen LogP contribution in [0.2, 0.25) is 0 Å². The number of pyridine rings is 1. The van der Waals surface area contributed by atoms with E-state index in [1.165, 1.54) is 27.8 Å². The number of nitrogen functional groups attached to an aromatic ring is 1. The Morgan fingerprint density at radius 3 is 2.72 bits per heavy atom. The summed E-state index contributed by atoms with van der Waals surface area (Å²) in [5.74, 6) is -0.358. The van der Waals surface area contributed by atoms with Crippen molar-refractivity contribution in [3.8, 4) is 0 Å². The number of carboxylic acid groups (broad SMARTS) is 1. The molecule has 0 aliphatic carbocycles. The van der Waals surface area contributed by atoms with Gasteiger partial charge >= 0.3 is 5.97 Å². The van der Waals surface area contributed by atoms with Crippen LogP contribution in [0.5, 0.6) is 0 Å². The average Bonchev–Trinajstić information content (AvgIpc) is 3.81. The summed E-state index contributed by atoms with van der Waals surface area (Å²) in [6, 6.07) is 17.6. The van der Waals surface area contributed by atoms with Crippen molar-refractivity contribution in [1.29, 1.82) is 0 Å². The quantitative estimate of drug-likeness (QED) is 0.0873. The second kappa shape index (κ2) is 15.7. The lowest BCUT2D eigenvalue weighted by molar-refractivity contribution is -0.671. The molecule has 16 heteroatoms. The van der Waals surface area contributed by atoms with Crippen molar-refractivity contribution in [2.75, 3.05) is 35.4 Å². The first kappa shape index (κ1) is 36.6. The number of ether oxygens (including phenoxy) is 1. The van der Waals surface area contributed by atoms with E-state index in [-0.39, 0.29) is 24.6 Å². The van der Waals surface area contributed by atoms with Crippen LogP contribution >= 0.6 is 11.8 Å². The molecular weight excluding hydrogens is 717 g/mol. The van der Waals surface area contributed by atoms with Crippen molar-refractivity contribution in [3.05, 3.63) is 84.0 Å². The van der Waals surface area contributed by atoms with Gasteiger partial charge in [-0.05, 0) is 40.7 Å². The van der Waals surface area contributed by atoms with Gasteiger partial charge in [0, 0.05) is 43.3 Å². The molecule has 0 radical (unpaired) electrons. The monoisotopic (exact) mass is 758 g/mol. The standard InChI is InChI=1S/C37H40N8O6S2/c1-43-26-10-5-6-11-28(26)52-30(43)18-22-13-16-44(25-9-4-3-8-23(22)25)15-7-12-29(46)42-24(37(49)50)14-17-53(2)19-27-32(47)33(48)36(51-27)45-21-41-31-34(38)39-20-40-35(31)45/h3-6,8-11,13,16,18,20-21,24,27,32-33,36,47-48H,7,12,14-15,17,19H2,1-2H3,(H2-2,38,39,40,42,46,49,50)/p+2/t24-,27+,32+,33+,36+,53?/m0/s1. The molecule has 7 rings (SSSR count). The SMILES string of the molecule is CN1/C(=C\c2cc[n+](CCCC(=O)N[C@@H](CC[S+](C)C[C@H]3O[C@@H](n4cnc5c(N)ncnc54)[C@H](O)[C@@H]3O)C(=O)O)c3ccccc23)Sc2ccccc21. The minimum Gasteiger partial charge on any atom is -0.480 e. The second-order valence-corrected chi connectivity index (χ2v) is 16.6. The van der Waals surface area contributed by atoms with E-state index >= 15 is 0 Å². The number of aromatic nitrogens is 5. The molecule has 0 saturated carbocycles. The second-order valence-electron chi connectivity index (χ2n) is 13.2. The number of aliphatic hydroxyl groups is 2. The third-order valence-electron chi connectivity index (χ3n) is 9.65. The third-order valence-corrected chi connectivity index (χ3v) is 12.6. The Bertz CT molecular complexity index is 2180. The fourth-order valence-corrected chi connectivity index (χ4v) is 9.52. The van der Waals surface area contributed by atoms with Crippen LogP contribution in [0.3, 0.4) is 0 Å². The zero-order valence-electron chi connectivity index (χ0n) is 29.3. The molecule has 1 unspecified atom stereocenters. The lowest BCUT2D eigenvalue weighted by Crippen LogP contribution is -2.43. The van der Waals surface area contributed by atoms with Crippen LogP contribution in [0.1, 0.15) is 31.1 Å². The highest BCUT2D eigenvalue weighted by Crippen LogP contribution is 2.45. The molecule has 0 bridgehead atoms. The molecule has 6 atom stereocenters. The highest BCUT2D eigenvalue weighted by atomic mass is 32.2. The molecule has 2 aliphatic heterocycles. The number of carbonyl (C=O) groups excluding carboxylic acids is 1. The van der Waals surface area contributed by atoms with Gasteiger partial charge in [-0.1, -0.05) is 36.0 Å². The number of carbonyl (C=O) groups is 2. The molecule has 5 heterocycles. The predicted octanol–water partition coefficient (Wildman–Crippen LogP) is 2.70. The highest BCUT2D eigenvalue weighted by molar-refractivity contribution is 8.03. The summed E-state index contributed by atoms with van der Waals surface area (Å²) in [5, 5.41) is 36.5. The number of anilines is 2. The molecule has 53 heavy (non-hydrogen) atoms. The zero-order chi connectivity index (χ0) is 37.2. The summed E-state index contributed by atoms with van der Waals surface area (Å²) in [5.41, 5.74) is 9.98. The minimum absolute atomic E-state index is 0.176. The van der Waals surface area contributed by atoms with Crippen LogP contribution in [-0.2, 0) is 31.8 Å². The van der Waals surface area contributed by atoms with Crippen LogP contribution in [0.25, 0.3) is 28.1 Å². The van der Waals surface area contributed by atoms with Crippen LogP contribution < -0.4 is 20.5 Å². The van der Waals surface area contributed by atoms with E-state index in [9.17, 15) is 24.9 Å². The van der Waals surface area contributed by atoms with Crippen LogP contribution in [0, 0.1) is 0 Å². The fraction of sp³-hybridized carbons (Fsp3) is 0.351. The Balaban J connectivity index is 0.909. The molecule has 2 aromatic carbocycles. The molecule has 2 aliphatic rings. The molecule has 1 saturated heterocycles. The van der Waals surface area contributed by atoms with Gasteiger partial charge in [0.2, 0.25) is 11.4 Å². The molecule has 0 spiro atoms. The van der Waals surface area contributed by atoms with Crippen LogP contribution in [0.4, 0.5) is 11.5 Å². The van der Waals surface area contributed by atoms with Crippen molar-refractivity contribution in [2.45, 2.75) is 61.3 Å². The fourth-order valence-electron chi connectivity index (χ4n) is 6.78. The van der Waals surface area contributed by atoms with Crippen molar-refractivity contribution in [1.82, 2.24) is 24.8 Å². The lowest BCUT2D eigenvalue weighted by Gasteiger charge is -2.17. The van der Waals surface area contributed by atoms with Crippen molar-refractivity contribution < 1.29 is 34.2 Å². The molecule has 276 valence electrons. The number of nitrogens with one attached hydrogen (secondary N) is 1. The molecule has 14 nitrogen and oxygen atoms in total. The number of para-hydroxylation sites is 2. The molecular formula is C37H42N8O6S2+2. The largest absolute Gasteiger partial charge is 0.480 e. The number of fused-ring (bicyclic) bond motifs is 3. The van der Waals surface area contributed by atoms with E-state index < -0.39 is 47.4 Å². The molecule has 1 amide bonds. The van der Waals surface area contributed by atoms with E-state index in [4.69, 9.17) is 10.5 Å². The van der Waals surface area contributed by atoms with Crippen LogP contribution in [-0.4, -0.2) is 95.9 Å². The van der Waals surface area contributed by atoms with E-state index in [1.54, 1.807) is 11.8 Å². The number of hydrogen-bond donors (Lipinski definition) is 5. The van der Waals surface area contributed by atoms with Gasteiger partial charge < -0.3 is 36.0 Å². The smallest absolute Gasteiger partial charge is 0.326 e. The van der Waals surface area contributed by atoms with Crippen LogP contribution in [0.15, 0.2) is 83.4 Å². The number of aliphatic hydroxyl groups excluding tert-OH is 2. The number of benzene rings is 2. The molecule has 5 aromatic rings. The average molecular weight is 759 g/mol. The van der Waals surface area contributed by atoms with Gasteiger partial charge in [0.15, 0.2) is 23.9 Å². The van der Waals surface area contributed by atoms with Gasteiger partial charge in [-0.3, -0.25) is 9.36 Å². The number of aryl methyl sites for hydroxylation is 1. The Hall–Kier alpha value is -4.74. The summed E-state index contributed by atoms with van der Waals surface area (Å²) >= 11 is 1.75. The van der Waals surface area contributed by atoms with Gasteiger partial charge in [-0.2, -0.15) is 4.57 Å². The Morgan fingerprint density at radius 2 is 1.91 bits per heavy atom. The summed E-state index contributed by atoms with van der Waals surface area (Å²) in [6.45, 7) is 0.590. The van der Waals surface area contributed by atoms with Gasteiger partial charge in [0.25, 0.3) is 0 Å². The number of nitrogens with two attached hydrogens (primary N) is 1. The molecule has 3 aromatic heterocycles. The first-order valence-corrected chi connectivity index (χ1v) is 20.1. The number of rotatable bonds is 13. The van der Waals surface area contributed by atoms with Gasteiger partial charge in [0.05, 0.1) is 28.7 Å². The van der Waals surface area contributed by atoms with Gasteiger partial charge in [-0.25, -0.2) is 19.7 Å². The summed E-state index contributed by atoms with van der Waals surface area (Å²) in [7, 11) is 1.68. The Kier molecular flexibility index (Phi) is 10.8. The van der Waals surface area contributed by atoms with Crippen molar-refractivity contribution >= 4 is 74.2 Å². The third kappa shape index (κ3) is 7.68. The normalized spacial score (nSPS) is 21.7. The van der Waals surface area contributed by atoms with Crippen molar-refractivity contribution in [3.63, 3.8) is 0 Å².